The Balaban J connectivity index is 1.39. The molecule has 7 heteroatoms. The lowest BCUT2D eigenvalue weighted by molar-refractivity contribution is -0.137. The number of halogens is 2. The van der Waals surface area contributed by atoms with Crippen molar-refractivity contribution in [3.8, 4) is 17.6 Å². The molecule has 200 valence electrons. The predicted molar refractivity (Wildman–Crippen MR) is 144 cm³/mol. The molecule has 0 aliphatic carbocycles. The number of rotatable bonds is 9. The number of aliphatic carboxylic acids is 1. The molecule has 0 saturated carbocycles. The first-order chi connectivity index (χ1) is 18.3. The molecule has 3 atom stereocenters. The summed E-state index contributed by atoms with van der Waals surface area (Å²) < 4.78 is 34.6. The molecule has 1 aliphatic rings. The van der Waals surface area contributed by atoms with E-state index in [1.165, 1.54) is 6.07 Å². The molecule has 0 amide bonds. The van der Waals surface area contributed by atoms with Crippen LogP contribution in [0.15, 0.2) is 48.7 Å². The molecule has 1 aromatic heterocycles. The Hall–Kier alpha value is -3.50. The van der Waals surface area contributed by atoms with Gasteiger partial charge < -0.3 is 9.84 Å². The number of benzene rings is 2. The fourth-order valence-corrected chi connectivity index (χ4v) is 5.30. The van der Waals surface area contributed by atoms with Gasteiger partial charge in [-0.25, -0.2) is 8.78 Å². The molecule has 2 heterocycles. The number of carbonyl (C=O) groups is 1. The van der Waals surface area contributed by atoms with Gasteiger partial charge >= 0.3 is 5.97 Å². The molecule has 38 heavy (non-hydrogen) atoms. The van der Waals surface area contributed by atoms with Crippen molar-refractivity contribution in [1.29, 1.82) is 0 Å². The second-order valence-corrected chi connectivity index (χ2v) is 10.1. The number of carboxylic acid groups (broad SMARTS) is 1. The van der Waals surface area contributed by atoms with Gasteiger partial charge in [0.2, 0.25) is 0 Å². The molecule has 1 unspecified atom stereocenters. The molecule has 0 bridgehead atoms. The predicted octanol–water partition coefficient (Wildman–Crippen LogP) is 6.34. The van der Waals surface area contributed by atoms with E-state index in [1.54, 1.807) is 32.4 Å². The number of methoxy groups -OCH3 is 1. The van der Waals surface area contributed by atoms with Gasteiger partial charge in [0, 0.05) is 30.1 Å². The standard InChI is InChI=1S/C31H34F2N2O3/c1-21-5-6-22(18-29(21)33)4-3-16-35-17-14-23(24(20-35)8-12-31(36)37)7-10-28(32)26-13-15-34-30-11-9-25(38-2)19-27(26)30/h5-6,9,11,13,15,18-19,23-24,28H,7-8,10,12,14,16-17,20H2,1-2H3,(H,36,37)/t23-,24+,28?/m1/s1. The van der Waals surface area contributed by atoms with Gasteiger partial charge in [-0.2, -0.15) is 0 Å². The Bertz CT molecular complexity index is 1330. The van der Waals surface area contributed by atoms with Gasteiger partial charge in [-0.05, 0) is 98.5 Å². The topological polar surface area (TPSA) is 62.7 Å². The van der Waals surface area contributed by atoms with Crippen molar-refractivity contribution in [2.24, 2.45) is 11.8 Å². The Morgan fingerprint density at radius 1 is 1.21 bits per heavy atom. The molecule has 5 nitrogen and oxygen atoms in total. The number of carboxylic acids is 1. The van der Waals surface area contributed by atoms with Gasteiger partial charge in [0.25, 0.3) is 0 Å². The lowest BCUT2D eigenvalue weighted by atomic mass is 9.79. The summed E-state index contributed by atoms with van der Waals surface area (Å²) in [7, 11) is 1.58. The van der Waals surface area contributed by atoms with Crippen molar-refractivity contribution >= 4 is 16.9 Å². The van der Waals surface area contributed by atoms with E-state index >= 15 is 4.39 Å². The van der Waals surface area contributed by atoms with Crippen LogP contribution in [0.5, 0.6) is 5.75 Å². The van der Waals surface area contributed by atoms with Gasteiger partial charge in [-0.3, -0.25) is 14.7 Å². The van der Waals surface area contributed by atoms with Crippen LogP contribution < -0.4 is 4.74 Å². The third-order valence-electron chi connectivity index (χ3n) is 7.52. The molecular formula is C31H34F2N2O3. The average Bonchev–Trinajstić information content (AvgIpc) is 2.92. The number of aromatic nitrogens is 1. The van der Waals surface area contributed by atoms with E-state index in [4.69, 9.17) is 4.74 Å². The van der Waals surface area contributed by atoms with E-state index in [1.807, 2.05) is 24.3 Å². The van der Waals surface area contributed by atoms with Crippen LogP contribution in [0.1, 0.15) is 55.0 Å². The van der Waals surface area contributed by atoms with Crippen molar-refractivity contribution in [2.45, 2.75) is 45.2 Å². The second-order valence-electron chi connectivity index (χ2n) is 10.1. The molecular weight excluding hydrogens is 486 g/mol. The van der Waals surface area contributed by atoms with Gasteiger partial charge in [-0.15, -0.1) is 0 Å². The summed E-state index contributed by atoms with van der Waals surface area (Å²) in [6.45, 7) is 3.79. The zero-order valence-corrected chi connectivity index (χ0v) is 21.9. The molecule has 1 aliphatic heterocycles. The molecule has 0 radical (unpaired) electrons. The minimum atomic E-state index is -1.15. The second kappa shape index (κ2) is 12.8. The van der Waals surface area contributed by atoms with Gasteiger partial charge in [0.05, 0.1) is 19.2 Å². The van der Waals surface area contributed by atoms with Crippen LogP contribution >= 0.6 is 0 Å². The number of piperidine rings is 1. The first kappa shape index (κ1) is 27.5. The van der Waals surface area contributed by atoms with E-state index in [9.17, 15) is 14.3 Å². The molecule has 0 spiro atoms. The molecule has 1 N–H and O–H groups in total. The lowest BCUT2D eigenvalue weighted by Gasteiger charge is -2.38. The monoisotopic (exact) mass is 520 g/mol. The lowest BCUT2D eigenvalue weighted by Crippen LogP contribution is -2.41. The SMILES string of the molecule is COc1ccc2nccc(C(F)CC[C@@H]3CCN(CC#Cc4ccc(C)c(F)c4)C[C@@H]3CCC(=O)O)c2c1. The Labute approximate surface area is 222 Å². The number of alkyl halides is 1. The van der Waals surface area contributed by atoms with Crippen LogP contribution in [0.4, 0.5) is 8.78 Å². The highest BCUT2D eigenvalue weighted by atomic mass is 19.1. The number of likely N-dealkylation sites (tertiary alicyclic amines) is 1. The maximum absolute atomic E-state index is 15.5. The summed E-state index contributed by atoms with van der Waals surface area (Å²) in [6.07, 6.45) is 3.05. The number of aryl methyl sites for hydroxylation is 1. The summed E-state index contributed by atoms with van der Waals surface area (Å²) in [5.74, 6) is 6.13. The number of pyridine rings is 1. The molecule has 3 aromatic rings. The van der Waals surface area contributed by atoms with E-state index in [2.05, 4.69) is 21.7 Å². The van der Waals surface area contributed by atoms with Crippen molar-refractivity contribution in [2.75, 3.05) is 26.7 Å². The number of nitrogens with zero attached hydrogens (tertiary/aromatic N) is 2. The first-order valence-electron chi connectivity index (χ1n) is 13.1. The van der Waals surface area contributed by atoms with Crippen LogP contribution in [0.25, 0.3) is 10.9 Å². The van der Waals surface area contributed by atoms with Crippen LogP contribution in [0.3, 0.4) is 0 Å². The maximum atomic E-state index is 15.5. The van der Waals surface area contributed by atoms with Crippen molar-refractivity contribution in [3.63, 3.8) is 0 Å². The van der Waals surface area contributed by atoms with Crippen LogP contribution in [-0.2, 0) is 4.79 Å². The Morgan fingerprint density at radius 3 is 2.82 bits per heavy atom. The molecule has 1 fully saturated rings. The van der Waals surface area contributed by atoms with Crippen LogP contribution in [0.2, 0.25) is 0 Å². The third kappa shape index (κ3) is 7.08. The fraction of sp³-hybridized carbons (Fsp3) is 0.419. The first-order valence-corrected chi connectivity index (χ1v) is 13.1. The van der Waals surface area contributed by atoms with Crippen molar-refractivity contribution < 1.29 is 23.4 Å². The summed E-state index contributed by atoms with van der Waals surface area (Å²) >= 11 is 0. The Morgan fingerprint density at radius 2 is 2.05 bits per heavy atom. The highest BCUT2D eigenvalue weighted by molar-refractivity contribution is 5.83. The third-order valence-corrected chi connectivity index (χ3v) is 7.52. The minimum absolute atomic E-state index is 0.0944. The van der Waals surface area contributed by atoms with Crippen molar-refractivity contribution in [1.82, 2.24) is 9.88 Å². The number of ether oxygens (including phenoxy) is 1. The average molecular weight is 521 g/mol. The van der Waals surface area contributed by atoms with E-state index < -0.39 is 12.1 Å². The smallest absolute Gasteiger partial charge is 0.303 e. The summed E-state index contributed by atoms with van der Waals surface area (Å²) in [5.41, 5.74) is 2.57. The van der Waals surface area contributed by atoms with Crippen molar-refractivity contribution in [3.05, 3.63) is 71.2 Å². The number of hydrogen-bond donors (Lipinski definition) is 1. The van der Waals surface area contributed by atoms with Gasteiger partial charge in [-0.1, -0.05) is 17.9 Å². The minimum Gasteiger partial charge on any atom is -0.497 e. The van der Waals surface area contributed by atoms with E-state index in [0.717, 1.165) is 30.4 Å². The normalized spacial score (nSPS) is 18.5. The largest absolute Gasteiger partial charge is 0.497 e. The number of hydrogen-bond acceptors (Lipinski definition) is 4. The molecule has 1 saturated heterocycles. The van der Waals surface area contributed by atoms with E-state index in [-0.39, 0.29) is 24.1 Å². The summed E-state index contributed by atoms with van der Waals surface area (Å²) in [4.78, 5) is 17.9. The quantitative estimate of drug-likeness (QED) is 0.334. The fourth-order valence-electron chi connectivity index (χ4n) is 5.30. The molecule has 4 rings (SSSR count). The zero-order chi connectivity index (χ0) is 27.1. The van der Waals surface area contributed by atoms with E-state index in [0.29, 0.717) is 48.2 Å². The number of fused-ring (bicyclic) bond motifs is 1. The van der Waals surface area contributed by atoms with Gasteiger partial charge in [0.1, 0.15) is 17.7 Å². The van der Waals surface area contributed by atoms with Crippen LogP contribution in [0, 0.1) is 36.4 Å². The zero-order valence-electron chi connectivity index (χ0n) is 21.9. The van der Waals surface area contributed by atoms with Gasteiger partial charge in [0.15, 0.2) is 0 Å². The summed E-state index contributed by atoms with van der Waals surface area (Å²) in [6, 6.07) is 12.2. The molecule has 2 aromatic carbocycles. The Kier molecular flexibility index (Phi) is 9.30. The maximum Gasteiger partial charge on any atom is 0.303 e. The van der Waals surface area contributed by atoms with Crippen LogP contribution in [-0.4, -0.2) is 47.7 Å². The highest BCUT2D eigenvalue weighted by Crippen LogP contribution is 2.36. The highest BCUT2D eigenvalue weighted by Gasteiger charge is 2.30. The summed E-state index contributed by atoms with van der Waals surface area (Å²) in [5, 5.41) is 10.0.